The summed E-state index contributed by atoms with van der Waals surface area (Å²) in [7, 11) is -3.43. The molecule has 7 heteroatoms. The van der Waals surface area contributed by atoms with Crippen molar-refractivity contribution in [2.45, 2.75) is 18.4 Å². The van der Waals surface area contributed by atoms with Crippen molar-refractivity contribution in [3.05, 3.63) is 64.7 Å². The minimum absolute atomic E-state index is 0.320. The second-order valence-electron chi connectivity index (χ2n) is 6.96. The lowest BCUT2D eigenvalue weighted by Gasteiger charge is -2.34. The Labute approximate surface area is 167 Å². The molecule has 1 saturated heterocycles. The Balaban J connectivity index is 1.40. The minimum atomic E-state index is -3.43. The first kappa shape index (κ1) is 20.3. The molecular weight excluding hydrogens is 382 g/mol. The smallest absolute Gasteiger partial charge is 0.240 e. The van der Waals surface area contributed by atoms with E-state index in [-0.39, 0.29) is 0 Å². The van der Waals surface area contributed by atoms with E-state index in [9.17, 15) is 8.42 Å². The Morgan fingerprint density at radius 3 is 2.15 bits per heavy atom. The summed E-state index contributed by atoms with van der Waals surface area (Å²) in [5.74, 6) is 0. The second kappa shape index (κ2) is 9.17. The van der Waals surface area contributed by atoms with Crippen molar-refractivity contribution in [1.29, 1.82) is 0 Å². The zero-order chi connectivity index (χ0) is 19.3. The SMILES string of the molecule is Cc1ccc(S(=O)(=O)NCCN2CCN(Cc3ccc(Cl)cc3)CC2)cc1. The number of nitrogens with one attached hydrogen (secondary N) is 1. The quantitative estimate of drug-likeness (QED) is 0.766. The third-order valence-electron chi connectivity index (χ3n) is 4.84. The lowest BCUT2D eigenvalue weighted by molar-refractivity contribution is 0.129. The molecule has 5 nitrogen and oxygen atoms in total. The van der Waals surface area contributed by atoms with E-state index in [1.807, 2.05) is 31.2 Å². The second-order valence-corrected chi connectivity index (χ2v) is 9.16. The molecule has 1 heterocycles. The van der Waals surface area contributed by atoms with Gasteiger partial charge in [0.05, 0.1) is 4.90 Å². The number of rotatable bonds is 7. The minimum Gasteiger partial charge on any atom is -0.299 e. The van der Waals surface area contributed by atoms with Crippen molar-refractivity contribution in [1.82, 2.24) is 14.5 Å². The van der Waals surface area contributed by atoms with Gasteiger partial charge in [-0.1, -0.05) is 41.4 Å². The van der Waals surface area contributed by atoms with E-state index in [0.29, 0.717) is 11.4 Å². The summed E-state index contributed by atoms with van der Waals surface area (Å²) in [5, 5.41) is 0.761. The molecule has 0 amide bonds. The first-order valence-electron chi connectivity index (χ1n) is 9.18. The van der Waals surface area contributed by atoms with E-state index in [4.69, 9.17) is 11.6 Å². The van der Waals surface area contributed by atoms with Gasteiger partial charge in [0.2, 0.25) is 10.0 Å². The zero-order valence-corrected chi connectivity index (χ0v) is 17.1. The summed E-state index contributed by atoms with van der Waals surface area (Å²) < 4.78 is 27.3. The van der Waals surface area contributed by atoms with Crippen molar-refractivity contribution in [2.24, 2.45) is 0 Å². The number of hydrogen-bond donors (Lipinski definition) is 1. The van der Waals surface area contributed by atoms with Crippen LogP contribution in [0.2, 0.25) is 5.02 Å². The van der Waals surface area contributed by atoms with Gasteiger partial charge < -0.3 is 0 Å². The van der Waals surface area contributed by atoms with Crippen LogP contribution in [0.1, 0.15) is 11.1 Å². The first-order chi connectivity index (χ1) is 12.9. The van der Waals surface area contributed by atoms with Gasteiger partial charge in [0.1, 0.15) is 0 Å². The lowest BCUT2D eigenvalue weighted by atomic mass is 10.2. The predicted octanol–water partition coefficient (Wildman–Crippen LogP) is 2.74. The van der Waals surface area contributed by atoms with Crippen molar-refractivity contribution in [2.75, 3.05) is 39.3 Å². The summed E-state index contributed by atoms with van der Waals surface area (Å²) in [6.45, 7) is 7.86. The predicted molar refractivity (Wildman–Crippen MR) is 110 cm³/mol. The molecule has 0 spiro atoms. The van der Waals surface area contributed by atoms with Gasteiger partial charge in [-0.3, -0.25) is 9.80 Å². The fourth-order valence-corrected chi connectivity index (χ4v) is 4.30. The van der Waals surface area contributed by atoms with E-state index in [2.05, 4.69) is 26.7 Å². The van der Waals surface area contributed by atoms with Gasteiger partial charge in [0, 0.05) is 50.8 Å². The highest BCUT2D eigenvalue weighted by molar-refractivity contribution is 7.89. The molecular formula is C20H26ClN3O2S. The van der Waals surface area contributed by atoms with Crippen LogP contribution in [0.3, 0.4) is 0 Å². The Hall–Kier alpha value is -1.44. The summed E-state index contributed by atoms with van der Waals surface area (Å²) in [5.41, 5.74) is 2.31. The molecule has 0 aromatic heterocycles. The molecule has 146 valence electrons. The number of benzene rings is 2. The topological polar surface area (TPSA) is 52.7 Å². The average molecular weight is 408 g/mol. The van der Waals surface area contributed by atoms with Crippen LogP contribution in [0.4, 0.5) is 0 Å². The molecule has 3 rings (SSSR count). The summed E-state index contributed by atoms with van der Waals surface area (Å²) in [6.07, 6.45) is 0. The molecule has 0 saturated carbocycles. The van der Waals surface area contributed by atoms with E-state index in [1.165, 1.54) is 5.56 Å². The van der Waals surface area contributed by atoms with Crippen molar-refractivity contribution in [3.8, 4) is 0 Å². The molecule has 0 atom stereocenters. The van der Waals surface area contributed by atoms with Crippen LogP contribution in [0, 0.1) is 6.92 Å². The summed E-state index contributed by atoms with van der Waals surface area (Å²) in [4.78, 5) is 5.03. The largest absolute Gasteiger partial charge is 0.299 e. The van der Waals surface area contributed by atoms with Gasteiger partial charge >= 0.3 is 0 Å². The molecule has 1 fully saturated rings. The van der Waals surface area contributed by atoms with E-state index in [1.54, 1.807) is 12.1 Å². The summed E-state index contributed by atoms with van der Waals surface area (Å²) >= 11 is 5.93. The fraction of sp³-hybridized carbons (Fsp3) is 0.400. The van der Waals surface area contributed by atoms with Crippen LogP contribution in [-0.4, -0.2) is 57.5 Å². The number of sulfonamides is 1. The van der Waals surface area contributed by atoms with Crippen LogP contribution in [0.15, 0.2) is 53.4 Å². The first-order valence-corrected chi connectivity index (χ1v) is 11.0. The molecule has 2 aromatic carbocycles. The third-order valence-corrected chi connectivity index (χ3v) is 6.56. The average Bonchev–Trinajstić information content (AvgIpc) is 2.65. The molecule has 0 bridgehead atoms. The lowest BCUT2D eigenvalue weighted by Crippen LogP contribution is -2.48. The van der Waals surface area contributed by atoms with Crippen molar-refractivity contribution in [3.63, 3.8) is 0 Å². The highest BCUT2D eigenvalue weighted by Gasteiger charge is 2.18. The zero-order valence-electron chi connectivity index (χ0n) is 15.6. The van der Waals surface area contributed by atoms with Gasteiger partial charge in [0.15, 0.2) is 0 Å². The molecule has 0 aliphatic carbocycles. The monoisotopic (exact) mass is 407 g/mol. The number of halogens is 1. The number of nitrogens with zero attached hydrogens (tertiary/aromatic N) is 2. The highest BCUT2D eigenvalue weighted by atomic mass is 35.5. The van der Waals surface area contributed by atoms with Gasteiger partial charge in [0.25, 0.3) is 0 Å². The highest BCUT2D eigenvalue weighted by Crippen LogP contribution is 2.13. The standard InChI is InChI=1S/C20H26ClN3O2S/c1-17-2-8-20(9-3-17)27(25,26)22-10-11-23-12-14-24(15-13-23)16-18-4-6-19(21)7-5-18/h2-9,22H,10-16H2,1H3. The van der Waals surface area contributed by atoms with Crippen LogP contribution in [0.5, 0.6) is 0 Å². The Morgan fingerprint density at radius 1 is 0.926 bits per heavy atom. The Bertz CT molecular complexity index is 831. The maximum Gasteiger partial charge on any atom is 0.240 e. The number of hydrogen-bond acceptors (Lipinski definition) is 4. The molecule has 0 unspecified atom stereocenters. The molecule has 1 N–H and O–H groups in total. The van der Waals surface area contributed by atoms with E-state index < -0.39 is 10.0 Å². The van der Waals surface area contributed by atoms with Crippen LogP contribution < -0.4 is 4.72 Å². The third kappa shape index (κ3) is 6.02. The summed E-state index contributed by atoms with van der Waals surface area (Å²) in [6, 6.07) is 14.9. The van der Waals surface area contributed by atoms with Gasteiger partial charge in [-0.05, 0) is 36.8 Å². The maximum atomic E-state index is 12.3. The normalized spacial score (nSPS) is 16.5. The maximum absolute atomic E-state index is 12.3. The van der Waals surface area contributed by atoms with Crippen LogP contribution >= 0.6 is 11.6 Å². The Morgan fingerprint density at radius 2 is 1.52 bits per heavy atom. The molecule has 0 radical (unpaired) electrons. The van der Waals surface area contributed by atoms with Crippen molar-refractivity contribution >= 4 is 21.6 Å². The molecule has 1 aliphatic rings. The van der Waals surface area contributed by atoms with Gasteiger partial charge in [-0.15, -0.1) is 0 Å². The van der Waals surface area contributed by atoms with Crippen LogP contribution in [-0.2, 0) is 16.6 Å². The van der Waals surface area contributed by atoms with Crippen molar-refractivity contribution < 1.29 is 8.42 Å². The van der Waals surface area contributed by atoms with E-state index in [0.717, 1.165) is 49.9 Å². The van der Waals surface area contributed by atoms with Gasteiger partial charge in [-0.2, -0.15) is 0 Å². The molecule has 1 aliphatic heterocycles. The van der Waals surface area contributed by atoms with Gasteiger partial charge in [-0.25, -0.2) is 13.1 Å². The number of piperazine rings is 1. The Kier molecular flexibility index (Phi) is 6.89. The fourth-order valence-electron chi connectivity index (χ4n) is 3.16. The van der Waals surface area contributed by atoms with Crippen LogP contribution in [0.25, 0.3) is 0 Å². The van der Waals surface area contributed by atoms with E-state index >= 15 is 0 Å². The number of aryl methyl sites for hydroxylation is 1. The molecule has 2 aromatic rings. The molecule has 27 heavy (non-hydrogen) atoms.